The van der Waals surface area contributed by atoms with Crippen LogP contribution in [0.25, 0.3) is 10.8 Å². The molecule has 0 radical (unpaired) electrons. The second-order valence-electron chi connectivity index (χ2n) is 5.37. The Bertz CT molecular complexity index is 684. The lowest BCUT2D eigenvalue weighted by molar-refractivity contribution is -0.383. The number of pyridine rings is 1. The SMILES string of the molecule is Cc1cc2c(NCC3CCSC3)ccc([N+](=O)[O-])c2cn1. The van der Waals surface area contributed by atoms with E-state index < -0.39 is 0 Å². The molecule has 0 bridgehead atoms. The van der Waals surface area contributed by atoms with Crippen LogP contribution in [0.15, 0.2) is 24.4 Å². The monoisotopic (exact) mass is 303 g/mol. The third kappa shape index (κ3) is 2.95. The number of anilines is 1. The van der Waals surface area contributed by atoms with Crippen LogP contribution in [0.1, 0.15) is 12.1 Å². The molecular weight excluding hydrogens is 286 g/mol. The zero-order valence-corrected chi connectivity index (χ0v) is 12.7. The maximum Gasteiger partial charge on any atom is 0.278 e. The van der Waals surface area contributed by atoms with E-state index in [2.05, 4.69) is 10.3 Å². The molecule has 1 N–H and O–H groups in total. The number of rotatable bonds is 4. The van der Waals surface area contributed by atoms with Gasteiger partial charge in [0.25, 0.3) is 5.69 Å². The molecule has 2 aromatic rings. The Kier molecular flexibility index (Phi) is 3.96. The highest BCUT2D eigenvalue weighted by molar-refractivity contribution is 7.99. The van der Waals surface area contributed by atoms with Gasteiger partial charge >= 0.3 is 0 Å². The number of nitrogens with zero attached hydrogens (tertiary/aromatic N) is 2. The van der Waals surface area contributed by atoms with Crippen LogP contribution in [-0.4, -0.2) is 28.0 Å². The molecule has 0 spiro atoms. The van der Waals surface area contributed by atoms with Crippen molar-refractivity contribution in [2.75, 3.05) is 23.4 Å². The maximum atomic E-state index is 11.1. The van der Waals surface area contributed by atoms with E-state index in [0.717, 1.165) is 23.3 Å². The third-order valence-corrected chi connectivity index (χ3v) is 5.05. The van der Waals surface area contributed by atoms with Crippen molar-refractivity contribution in [1.82, 2.24) is 4.98 Å². The summed E-state index contributed by atoms with van der Waals surface area (Å²) in [5.41, 5.74) is 1.93. The van der Waals surface area contributed by atoms with Gasteiger partial charge in [-0.25, -0.2) is 0 Å². The molecule has 0 amide bonds. The van der Waals surface area contributed by atoms with E-state index in [0.29, 0.717) is 11.3 Å². The van der Waals surface area contributed by atoms with Gasteiger partial charge in [0.05, 0.1) is 10.3 Å². The average molecular weight is 303 g/mol. The van der Waals surface area contributed by atoms with Crippen LogP contribution in [-0.2, 0) is 0 Å². The lowest BCUT2D eigenvalue weighted by atomic mass is 10.1. The first kappa shape index (κ1) is 14.1. The normalized spacial score (nSPS) is 18.0. The first-order valence-corrected chi connectivity index (χ1v) is 8.16. The summed E-state index contributed by atoms with van der Waals surface area (Å²) in [4.78, 5) is 15.0. The second-order valence-corrected chi connectivity index (χ2v) is 6.52. The molecule has 1 aromatic carbocycles. The van der Waals surface area contributed by atoms with Crippen molar-refractivity contribution >= 4 is 33.9 Å². The zero-order valence-electron chi connectivity index (χ0n) is 11.8. The fourth-order valence-electron chi connectivity index (χ4n) is 2.64. The van der Waals surface area contributed by atoms with Crippen molar-refractivity contribution < 1.29 is 4.92 Å². The van der Waals surface area contributed by atoms with E-state index in [9.17, 15) is 10.1 Å². The van der Waals surface area contributed by atoms with Crippen molar-refractivity contribution in [3.05, 3.63) is 40.2 Å². The summed E-state index contributed by atoms with van der Waals surface area (Å²) in [5.74, 6) is 3.11. The third-order valence-electron chi connectivity index (χ3n) is 3.82. The van der Waals surface area contributed by atoms with Crippen LogP contribution >= 0.6 is 11.8 Å². The Hall–Kier alpha value is -1.82. The van der Waals surface area contributed by atoms with Gasteiger partial charge in [-0.3, -0.25) is 15.1 Å². The molecule has 0 aliphatic carbocycles. The molecule has 1 aliphatic heterocycles. The van der Waals surface area contributed by atoms with E-state index in [1.807, 2.05) is 30.8 Å². The number of nitro groups is 1. The Morgan fingerprint density at radius 1 is 1.48 bits per heavy atom. The van der Waals surface area contributed by atoms with E-state index in [-0.39, 0.29) is 10.6 Å². The van der Waals surface area contributed by atoms with Crippen LogP contribution in [0.3, 0.4) is 0 Å². The summed E-state index contributed by atoms with van der Waals surface area (Å²) >= 11 is 1.99. The number of fused-ring (bicyclic) bond motifs is 1. The molecule has 1 atom stereocenters. The van der Waals surface area contributed by atoms with Gasteiger partial charge in [0.15, 0.2) is 0 Å². The van der Waals surface area contributed by atoms with Gasteiger partial charge in [0.2, 0.25) is 0 Å². The van der Waals surface area contributed by atoms with Crippen molar-refractivity contribution in [3.8, 4) is 0 Å². The molecule has 1 unspecified atom stereocenters. The van der Waals surface area contributed by atoms with Gasteiger partial charge in [0, 0.05) is 35.6 Å². The lowest BCUT2D eigenvalue weighted by Crippen LogP contribution is -2.13. The number of benzene rings is 1. The van der Waals surface area contributed by atoms with Gasteiger partial charge in [-0.1, -0.05) is 0 Å². The molecule has 3 rings (SSSR count). The van der Waals surface area contributed by atoms with Gasteiger partial charge in [-0.2, -0.15) is 11.8 Å². The zero-order chi connectivity index (χ0) is 14.8. The minimum absolute atomic E-state index is 0.111. The van der Waals surface area contributed by atoms with Gasteiger partial charge < -0.3 is 5.32 Å². The summed E-state index contributed by atoms with van der Waals surface area (Å²) in [7, 11) is 0. The quantitative estimate of drug-likeness (QED) is 0.690. The molecule has 6 heteroatoms. The molecule has 21 heavy (non-hydrogen) atoms. The fraction of sp³-hybridized carbons (Fsp3) is 0.400. The smallest absolute Gasteiger partial charge is 0.278 e. The summed E-state index contributed by atoms with van der Waals surface area (Å²) < 4.78 is 0. The average Bonchev–Trinajstić information content (AvgIpc) is 2.97. The number of nitro benzene ring substituents is 1. The molecule has 0 saturated carbocycles. The van der Waals surface area contributed by atoms with Crippen molar-refractivity contribution in [1.29, 1.82) is 0 Å². The van der Waals surface area contributed by atoms with E-state index >= 15 is 0 Å². The molecule has 1 aromatic heterocycles. The summed E-state index contributed by atoms with van der Waals surface area (Å²) in [6.07, 6.45) is 2.84. The minimum Gasteiger partial charge on any atom is -0.384 e. The number of thioether (sulfide) groups is 1. The highest BCUT2D eigenvalue weighted by Gasteiger charge is 2.18. The number of non-ortho nitro benzene ring substituents is 1. The van der Waals surface area contributed by atoms with E-state index in [1.165, 1.54) is 17.9 Å². The number of nitrogens with one attached hydrogen (secondary N) is 1. The lowest BCUT2D eigenvalue weighted by Gasteiger charge is -2.13. The molecule has 1 saturated heterocycles. The molecular formula is C15H17N3O2S. The maximum absolute atomic E-state index is 11.1. The molecule has 1 fully saturated rings. The van der Waals surface area contributed by atoms with Crippen LogP contribution in [0.5, 0.6) is 0 Å². The molecule has 110 valence electrons. The number of hydrogen-bond acceptors (Lipinski definition) is 5. The highest BCUT2D eigenvalue weighted by Crippen LogP contribution is 2.32. The number of hydrogen-bond donors (Lipinski definition) is 1. The van der Waals surface area contributed by atoms with Crippen LogP contribution in [0.4, 0.5) is 11.4 Å². The fourth-order valence-corrected chi connectivity index (χ4v) is 3.93. The van der Waals surface area contributed by atoms with Crippen molar-refractivity contribution in [2.24, 2.45) is 5.92 Å². The minimum atomic E-state index is -0.350. The first-order chi connectivity index (χ1) is 10.1. The predicted octanol–water partition coefficient (Wildman–Crippen LogP) is 3.62. The van der Waals surface area contributed by atoms with Crippen molar-refractivity contribution in [3.63, 3.8) is 0 Å². The Balaban J connectivity index is 1.96. The van der Waals surface area contributed by atoms with Gasteiger partial charge in [-0.05, 0) is 42.9 Å². The summed E-state index contributed by atoms with van der Waals surface area (Å²) in [6.45, 7) is 2.82. The summed E-state index contributed by atoms with van der Waals surface area (Å²) in [5, 5.41) is 16.1. The predicted molar refractivity (Wildman–Crippen MR) is 87.1 cm³/mol. The topological polar surface area (TPSA) is 68.1 Å². The van der Waals surface area contributed by atoms with Gasteiger partial charge in [0.1, 0.15) is 0 Å². The van der Waals surface area contributed by atoms with Gasteiger partial charge in [-0.15, -0.1) is 0 Å². The largest absolute Gasteiger partial charge is 0.384 e. The molecule has 5 nitrogen and oxygen atoms in total. The van der Waals surface area contributed by atoms with Crippen molar-refractivity contribution in [2.45, 2.75) is 13.3 Å². The Morgan fingerprint density at radius 3 is 3.05 bits per heavy atom. The van der Waals surface area contributed by atoms with Crippen LogP contribution in [0.2, 0.25) is 0 Å². The molecule has 2 heterocycles. The molecule has 1 aliphatic rings. The highest BCUT2D eigenvalue weighted by atomic mass is 32.2. The number of aryl methyl sites for hydroxylation is 1. The number of aromatic nitrogens is 1. The summed E-state index contributed by atoms with van der Waals surface area (Å²) in [6, 6.07) is 5.28. The first-order valence-electron chi connectivity index (χ1n) is 7.00. The van der Waals surface area contributed by atoms with Crippen LogP contribution < -0.4 is 5.32 Å². The second kappa shape index (κ2) is 5.89. The Morgan fingerprint density at radius 2 is 2.33 bits per heavy atom. The van der Waals surface area contributed by atoms with E-state index in [4.69, 9.17) is 0 Å². The standard InChI is InChI=1S/C15H17N3O2S/c1-10-6-12-13(8-16-10)15(18(19)20)3-2-14(12)17-7-11-4-5-21-9-11/h2-3,6,8,11,17H,4-5,7,9H2,1H3. The Labute approximate surface area is 127 Å². The van der Waals surface area contributed by atoms with Crippen LogP contribution in [0, 0.1) is 23.0 Å². The van der Waals surface area contributed by atoms with E-state index in [1.54, 1.807) is 12.3 Å².